The van der Waals surface area contributed by atoms with E-state index in [1.165, 1.54) is 22.9 Å². The highest BCUT2D eigenvalue weighted by Gasteiger charge is 2.62. The highest BCUT2D eigenvalue weighted by molar-refractivity contribution is 7.90. The monoisotopic (exact) mass is 633 g/mol. The van der Waals surface area contributed by atoms with Gasteiger partial charge in [-0.25, -0.2) is 27.8 Å². The molecule has 4 aliphatic rings. The van der Waals surface area contributed by atoms with Gasteiger partial charge in [-0.3, -0.25) is 4.79 Å². The quantitative estimate of drug-likeness (QED) is 0.386. The van der Waals surface area contributed by atoms with E-state index in [0.717, 1.165) is 31.9 Å². The van der Waals surface area contributed by atoms with Crippen LogP contribution in [0.25, 0.3) is 5.82 Å². The van der Waals surface area contributed by atoms with Gasteiger partial charge in [-0.15, -0.1) is 5.10 Å². The Balaban J connectivity index is 1.30. The third-order valence-corrected chi connectivity index (χ3v) is 10.5. The number of carbonyl (C=O) groups excluding carboxylic acids is 1. The molecule has 1 amide bonds. The molecule has 0 saturated heterocycles. The minimum atomic E-state index is -4.25. The third kappa shape index (κ3) is 6.00. The fourth-order valence-electron chi connectivity index (χ4n) is 6.46. The van der Waals surface area contributed by atoms with Crippen LogP contribution in [0, 0.1) is 16.7 Å². The summed E-state index contributed by atoms with van der Waals surface area (Å²) in [5, 5.41) is 4.35. The number of alkyl halides is 3. The second kappa shape index (κ2) is 11.0. The molecule has 2 fully saturated rings. The molecule has 2 unspecified atom stereocenters. The van der Waals surface area contributed by atoms with E-state index in [1.54, 1.807) is 18.3 Å². The lowest BCUT2D eigenvalue weighted by molar-refractivity contribution is -0.190. The van der Waals surface area contributed by atoms with E-state index in [0.29, 0.717) is 29.9 Å². The van der Waals surface area contributed by atoms with E-state index >= 15 is 0 Å². The molecule has 2 aliphatic carbocycles. The van der Waals surface area contributed by atoms with E-state index in [-0.39, 0.29) is 53.5 Å². The van der Waals surface area contributed by atoms with Gasteiger partial charge in [0.2, 0.25) is 11.8 Å². The number of amides is 1. The zero-order chi connectivity index (χ0) is 31.3. The summed E-state index contributed by atoms with van der Waals surface area (Å²) in [6.07, 6.45) is 1.89. The molecule has 0 spiro atoms. The summed E-state index contributed by atoms with van der Waals surface area (Å²) in [5.41, 5.74) is -1.31. The summed E-state index contributed by atoms with van der Waals surface area (Å²) >= 11 is 0. The number of hydrogen-bond donors (Lipinski definition) is 1. The Hall–Kier alpha value is -3.68. The number of aromatic nitrogens is 4. The number of carbonyl (C=O) groups is 1. The Morgan fingerprint density at radius 1 is 1.16 bits per heavy atom. The second-order valence-corrected chi connectivity index (χ2v) is 14.4. The molecule has 0 aromatic carbocycles. The van der Waals surface area contributed by atoms with Gasteiger partial charge in [0.25, 0.3) is 15.9 Å². The summed E-state index contributed by atoms with van der Waals surface area (Å²) in [6, 6.07) is 7.43. The predicted molar refractivity (Wildman–Crippen MR) is 152 cm³/mol. The number of halogens is 3. The molecule has 10 nitrogen and oxygen atoms in total. The zero-order valence-corrected chi connectivity index (χ0v) is 25.2. The maximum Gasteiger partial charge on any atom is 0.394 e. The van der Waals surface area contributed by atoms with E-state index in [9.17, 15) is 26.4 Å². The highest BCUT2D eigenvalue weighted by atomic mass is 32.2. The Labute approximate surface area is 253 Å². The molecule has 2 saturated carbocycles. The van der Waals surface area contributed by atoms with Gasteiger partial charge in [0.1, 0.15) is 4.90 Å². The summed E-state index contributed by atoms with van der Waals surface area (Å²) in [6.45, 7) is 4.56. The van der Waals surface area contributed by atoms with Crippen molar-refractivity contribution in [3.05, 3.63) is 54.0 Å². The number of ether oxygens (including phenoxy) is 2. The standard InChI is InChI=1S/C30H34F3N5O5S/c1-28(2)17-19-4-3-14-42-24-8-5-20(18-34-24)44(40,41)37-27(39)21-6-7-23(35-26(21)22(28)16-19)38-13-9-25(36-38)43-15-12-29(10-11-29)30(31,32)33/h5-9,13,18-19,22H,3-4,10-12,14-17H2,1-2H3,(H,37,39). The minimum Gasteiger partial charge on any atom is -0.478 e. The van der Waals surface area contributed by atoms with Crippen molar-refractivity contribution in [1.82, 2.24) is 24.5 Å². The fraction of sp³-hybridized carbons (Fsp3) is 0.533. The predicted octanol–water partition coefficient (Wildman–Crippen LogP) is 5.58. The molecule has 0 radical (unpaired) electrons. The van der Waals surface area contributed by atoms with Crippen LogP contribution in [0.5, 0.6) is 11.8 Å². The second-order valence-electron chi connectivity index (χ2n) is 12.7. The van der Waals surface area contributed by atoms with Gasteiger partial charge in [0, 0.05) is 24.2 Å². The molecule has 4 bridgehead atoms. The largest absolute Gasteiger partial charge is 0.478 e. The molecule has 2 atom stereocenters. The first-order chi connectivity index (χ1) is 20.8. The van der Waals surface area contributed by atoms with Gasteiger partial charge >= 0.3 is 6.18 Å². The Morgan fingerprint density at radius 3 is 2.66 bits per heavy atom. The average Bonchev–Trinajstić information content (AvgIpc) is 3.51. The zero-order valence-electron chi connectivity index (χ0n) is 24.4. The molecule has 3 aromatic rings. The Bertz CT molecular complexity index is 1650. The lowest BCUT2D eigenvalue weighted by Crippen LogP contribution is -2.32. The van der Waals surface area contributed by atoms with Crippen molar-refractivity contribution < 1.29 is 35.9 Å². The van der Waals surface area contributed by atoms with Crippen LogP contribution in [0.1, 0.15) is 80.8 Å². The van der Waals surface area contributed by atoms with Gasteiger partial charge in [-0.05, 0) is 74.5 Å². The molecular weight excluding hydrogens is 599 g/mol. The molecular formula is C30H34F3N5O5S. The van der Waals surface area contributed by atoms with Crippen molar-refractivity contribution >= 4 is 15.9 Å². The van der Waals surface area contributed by atoms with Gasteiger partial charge in [0.05, 0.1) is 36.1 Å². The fourth-order valence-corrected chi connectivity index (χ4v) is 7.37. The summed E-state index contributed by atoms with van der Waals surface area (Å²) < 4.78 is 80.8. The lowest BCUT2D eigenvalue weighted by atomic mass is 9.78. The number of nitrogens with zero attached hydrogens (tertiary/aromatic N) is 4. The van der Waals surface area contributed by atoms with Crippen LogP contribution >= 0.6 is 0 Å². The van der Waals surface area contributed by atoms with E-state index < -0.39 is 27.5 Å². The maximum absolute atomic E-state index is 13.5. The summed E-state index contributed by atoms with van der Waals surface area (Å²) in [4.78, 5) is 22.3. The normalized spacial score (nSPS) is 23.8. The van der Waals surface area contributed by atoms with Crippen LogP contribution < -0.4 is 14.2 Å². The molecule has 5 heterocycles. The van der Waals surface area contributed by atoms with Crippen molar-refractivity contribution in [2.75, 3.05) is 13.2 Å². The summed E-state index contributed by atoms with van der Waals surface area (Å²) in [5.74, 6) is 0.202. The molecule has 3 aromatic heterocycles. The maximum atomic E-state index is 13.5. The third-order valence-electron chi connectivity index (χ3n) is 9.15. The molecule has 1 N–H and O–H groups in total. The van der Waals surface area contributed by atoms with Gasteiger partial charge in [-0.1, -0.05) is 13.8 Å². The minimum absolute atomic E-state index is 0.109. The number of sulfonamides is 1. The van der Waals surface area contributed by atoms with Gasteiger partial charge in [-0.2, -0.15) is 13.2 Å². The molecule has 44 heavy (non-hydrogen) atoms. The molecule has 236 valence electrons. The van der Waals surface area contributed by atoms with Crippen LogP contribution in [0.4, 0.5) is 13.2 Å². The number of nitrogens with one attached hydrogen (secondary N) is 1. The van der Waals surface area contributed by atoms with Gasteiger partial charge in [0.15, 0.2) is 5.82 Å². The number of fused-ring (bicyclic) bond motifs is 7. The number of pyridine rings is 2. The van der Waals surface area contributed by atoms with Crippen LogP contribution in [-0.4, -0.2) is 53.5 Å². The van der Waals surface area contributed by atoms with Crippen molar-refractivity contribution in [1.29, 1.82) is 0 Å². The molecule has 2 aliphatic heterocycles. The first kappa shape index (κ1) is 30.4. The Morgan fingerprint density at radius 2 is 1.95 bits per heavy atom. The SMILES string of the molecule is CC1(C)CC2CCCOc3ccc(cn3)S(=O)(=O)NC(=O)c3ccc(-n4ccc(OCCC5(C(F)(F)F)CC5)n4)nc3C1C2. The van der Waals surface area contributed by atoms with Crippen LogP contribution in [-0.2, 0) is 10.0 Å². The van der Waals surface area contributed by atoms with Crippen molar-refractivity contribution in [2.24, 2.45) is 16.7 Å². The lowest BCUT2D eigenvalue weighted by Gasteiger charge is -2.28. The highest BCUT2D eigenvalue weighted by Crippen LogP contribution is 2.60. The van der Waals surface area contributed by atoms with E-state index in [4.69, 9.17) is 14.5 Å². The summed E-state index contributed by atoms with van der Waals surface area (Å²) in [7, 11) is -4.24. The van der Waals surface area contributed by atoms with E-state index in [1.807, 2.05) is 0 Å². The van der Waals surface area contributed by atoms with Crippen LogP contribution in [0.15, 0.2) is 47.6 Å². The average molecular weight is 634 g/mol. The van der Waals surface area contributed by atoms with Crippen LogP contribution in [0.3, 0.4) is 0 Å². The van der Waals surface area contributed by atoms with Crippen molar-refractivity contribution in [3.8, 4) is 17.6 Å². The van der Waals surface area contributed by atoms with Gasteiger partial charge < -0.3 is 9.47 Å². The van der Waals surface area contributed by atoms with Crippen molar-refractivity contribution in [2.45, 2.75) is 75.8 Å². The van der Waals surface area contributed by atoms with Crippen molar-refractivity contribution in [3.63, 3.8) is 0 Å². The smallest absolute Gasteiger partial charge is 0.394 e. The number of hydrogen-bond acceptors (Lipinski definition) is 8. The van der Waals surface area contributed by atoms with Crippen LogP contribution in [0.2, 0.25) is 0 Å². The molecule has 7 rings (SSSR count). The first-order valence-corrected chi connectivity index (χ1v) is 16.2. The first-order valence-electron chi connectivity index (χ1n) is 14.7. The topological polar surface area (TPSA) is 125 Å². The Kier molecular flexibility index (Phi) is 7.61. The molecule has 14 heteroatoms. The van der Waals surface area contributed by atoms with E-state index in [2.05, 4.69) is 28.7 Å². The number of rotatable bonds is 5.